The van der Waals surface area contributed by atoms with E-state index < -0.39 is 0 Å². The van der Waals surface area contributed by atoms with Crippen LogP contribution in [0.4, 0.5) is 5.82 Å². The Morgan fingerprint density at radius 2 is 2.33 bits per heavy atom. The molecule has 0 spiro atoms. The smallest absolute Gasteiger partial charge is 0.233 e. The molecule has 1 heterocycles. The molecule has 0 radical (unpaired) electrons. The van der Waals surface area contributed by atoms with Gasteiger partial charge in [0.15, 0.2) is 0 Å². The molecule has 0 saturated carbocycles. The van der Waals surface area contributed by atoms with Gasteiger partial charge in [-0.1, -0.05) is 24.3 Å². The number of nitrogens with zero attached hydrogens (tertiary/aromatic N) is 2. The fourth-order valence-electron chi connectivity index (χ4n) is 2.17. The van der Waals surface area contributed by atoms with Crippen molar-refractivity contribution in [2.45, 2.75) is 12.3 Å². The molecule has 1 aromatic carbocycles. The highest BCUT2D eigenvalue weighted by molar-refractivity contribution is 5.97. The van der Waals surface area contributed by atoms with Gasteiger partial charge < -0.3 is 5.32 Å². The number of carbonyl (C=O) groups is 1. The number of rotatable bonds is 2. The molecule has 3 rings (SSSR count). The first kappa shape index (κ1) is 10.5. The number of amides is 1. The van der Waals surface area contributed by atoms with Crippen LogP contribution < -0.4 is 5.32 Å². The number of benzene rings is 1. The molecular formula is C13H10N4O. The number of hydrogen-bond acceptors (Lipinski definition) is 3. The standard InChI is InChI=1S/C13H10N4O/c14-6-9-7-15-17-12(9)16-13(18)11-5-8-3-1-2-4-10(8)11/h1-4,7,11H,5H2,(H2,15,16,17,18). The molecule has 0 saturated heterocycles. The molecule has 2 N–H and O–H groups in total. The zero-order valence-electron chi connectivity index (χ0n) is 9.47. The van der Waals surface area contributed by atoms with E-state index in [2.05, 4.69) is 15.5 Å². The molecule has 1 atom stereocenters. The van der Waals surface area contributed by atoms with Crippen molar-refractivity contribution in [2.75, 3.05) is 5.32 Å². The lowest BCUT2D eigenvalue weighted by molar-refractivity contribution is -0.118. The summed E-state index contributed by atoms with van der Waals surface area (Å²) < 4.78 is 0. The van der Waals surface area contributed by atoms with Gasteiger partial charge in [-0.2, -0.15) is 10.4 Å². The summed E-state index contributed by atoms with van der Waals surface area (Å²) in [5.41, 5.74) is 2.62. The Hall–Kier alpha value is -2.61. The molecule has 1 aromatic heterocycles. The van der Waals surface area contributed by atoms with Gasteiger partial charge in [0, 0.05) is 0 Å². The van der Waals surface area contributed by atoms with Gasteiger partial charge in [0.1, 0.15) is 17.5 Å². The van der Waals surface area contributed by atoms with Crippen LogP contribution in [0.2, 0.25) is 0 Å². The lowest BCUT2D eigenvalue weighted by atomic mass is 9.77. The van der Waals surface area contributed by atoms with Crippen molar-refractivity contribution in [1.82, 2.24) is 10.2 Å². The number of carbonyl (C=O) groups excluding carboxylic acids is 1. The van der Waals surface area contributed by atoms with Crippen molar-refractivity contribution < 1.29 is 4.79 Å². The number of anilines is 1. The number of H-pyrrole nitrogens is 1. The molecule has 2 aromatic rings. The van der Waals surface area contributed by atoms with Crippen LogP contribution >= 0.6 is 0 Å². The van der Waals surface area contributed by atoms with E-state index in [0.29, 0.717) is 11.4 Å². The number of hydrogen-bond donors (Lipinski definition) is 2. The molecule has 0 bridgehead atoms. The second-order valence-corrected chi connectivity index (χ2v) is 4.22. The van der Waals surface area contributed by atoms with E-state index >= 15 is 0 Å². The van der Waals surface area contributed by atoms with E-state index in [1.807, 2.05) is 30.3 Å². The Kier molecular flexibility index (Phi) is 2.34. The van der Waals surface area contributed by atoms with E-state index in [4.69, 9.17) is 5.26 Å². The summed E-state index contributed by atoms with van der Waals surface area (Å²) in [5.74, 6) is 0.136. The molecule has 0 fully saturated rings. The molecule has 5 heteroatoms. The lowest BCUT2D eigenvalue weighted by Crippen LogP contribution is -2.30. The quantitative estimate of drug-likeness (QED) is 0.833. The van der Waals surface area contributed by atoms with Crippen LogP contribution in [0.15, 0.2) is 30.5 Å². The van der Waals surface area contributed by atoms with Crippen LogP contribution in [0.25, 0.3) is 0 Å². The summed E-state index contributed by atoms with van der Waals surface area (Å²) in [4.78, 5) is 12.1. The van der Waals surface area contributed by atoms with E-state index in [9.17, 15) is 4.79 Å². The molecule has 5 nitrogen and oxygen atoms in total. The third-order valence-electron chi connectivity index (χ3n) is 3.18. The lowest BCUT2D eigenvalue weighted by Gasteiger charge is -2.28. The Balaban J connectivity index is 1.77. The zero-order valence-corrected chi connectivity index (χ0v) is 9.47. The predicted octanol–water partition coefficient (Wildman–Crippen LogP) is 1.56. The summed E-state index contributed by atoms with van der Waals surface area (Å²) in [6.45, 7) is 0. The Morgan fingerprint density at radius 1 is 1.50 bits per heavy atom. The van der Waals surface area contributed by atoms with Crippen molar-refractivity contribution in [3.05, 3.63) is 47.2 Å². The summed E-state index contributed by atoms with van der Waals surface area (Å²) in [7, 11) is 0. The van der Waals surface area contributed by atoms with Crippen LogP contribution in [0.3, 0.4) is 0 Å². The van der Waals surface area contributed by atoms with Gasteiger partial charge in [-0.05, 0) is 17.5 Å². The van der Waals surface area contributed by atoms with Crippen molar-refractivity contribution in [2.24, 2.45) is 0 Å². The van der Waals surface area contributed by atoms with Gasteiger partial charge in [0.25, 0.3) is 0 Å². The van der Waals surface area contributed by atoms with E-state index in [1.165, 1.54) is 11.8 Å². The van der Waals surface area contributed by atoms with Gasteiger partial charge in [-0.3, -0.25) is 9.89 Å². The van der Waals surface area contributed by atoms with E-state index in [0.717, 1.165) is 12.0 Å². The van der Waals surface area contributed by atoms with Crippen LogP contribution in [0, 0.1) is 11.3 Å². The van der Waals surface area contributed by atoms with Crippen LogP contribution in [-0.4, -0.2) is 16.1 Å². The molecule has 1 aliphatic rings. The predicted molar refractivity (Wildman–Crippen MR) is 64.8 cm³/mol. The SMILES string of the molecule is N#Cc1cn[nH]c1NC(=O)C1Cc2ccccc21. The fraction of sp³-hybridized carbons (Fsp3) is 0.154. The molecule has 0 aliphatic heterocycles. The minimum atomic E-state index is -0.129. The molecule has 18 heavy (non-hydrogen) atoms. The van der Waals surface area contributed by atoms with Crippen LogP contribution in [-0.2, 0) is 11.2 Å². The summed E-state index contributed by atoms with van der Waals surface area (Å²) in [6.07, 6.45) is 2.14. The normalized spacial score (nSPS) is 16.3. The van der Waals surface area contributed by atoms with Crippen molar-refractivity contribution >= 4 is 11.7 Å². The monoisotopic (exact) mass is 238 g/mol. The minimum Gasteiger partial charge on any atom is -0.309 e. The molecule has 1 aliphatic carbocycles. The van der Waals surface area contributed by atoms with E-state index in [1.54, 1.807) is 0 Å². The first-order valence-corrected chi connectivity index (χ1v) is 5.61. The highest BCUT2D eigenvalue weighted by Gasteiger charge is 2.32. The van der Waals surface area contributed by atoms with Crippen molar-refractivity contribution in [3.63, 3.8) is 0 Å². The zero-order chi connectivity index (χ0) is 12.5. The largest absolute Gasteiger partial charge is 0.309 e. The van der Waals surface area contributed by atoms with Gasteiger partial charge in [0.05, 0.1) is 12.1 Å². The first-order chi connectivity index (χ1) is 8.79. The third-order valence-corrected chi connectivity index (χ3v) is 3.18. The van der Waals surface area contributed by atoms with Crippen LogP contribution in [0.5, 0.6) is 0 Å². The Labute approximate surface area is 103 Å². The van der Waals surface area contributed by atoms with Gasteiger partial charge in [-0.15, -0.1) is 0 Å². The van der Waals surface area contributed by atoms with Gasteiger partial charge in [-0.25, -0.2) is 0 Å². The van der Waals surface area contributed by atoms with Gasteiger partial charge >= 0.3 is 0 Å². The number of aromatic amines is 1. The van der Waals surface area contributed by atoms with Crippen LogP contribution in [0.1, 0.15) is 22.6 Å². The number of nitrogens with one attached hydrogen (secondary N) is 2. The Bertz CT molecular complexity index is 653. The third kappa shape index (κ3) is 1.55. The van der Waals surface area contributed by atoms with Crippen molar-refractivity contribution in [3.8, 4) is 6.07 Å². The molecule has 1 unspecified atom stereocenters. The maximum absolute atomic E-state index is 12.1. The highest BCUT2D eigenvalue weighted by Crippen LogP contribution is 2.35. The van der Waals surface area contributed by atoms with E-state index in [-0.39, 0.29) is 11.8 Å². The fourth-order valence-corrected chi connectivity index (χ4v) is 2.17. The molecule has 88 valence electrons. The summed E-state index contributed by atoms with van der Waals surface area (Å²) >= 11 is 0. The minimum absolute atomic E-state index is 0.102. The molecule has 1 amide bonds. The molecular weight excluding hydrogens is 228 g/mol. The second-order valence-electron chi connectivity index (χ2n) is 4.22. The summed E-state index contributed by atoms with van der Waals surface area (Å²) in [6, 6.07) is 9.84. The first-order valence-electron chi connectivity index (χ1n) is 5.61. The van der Waals surface area contributed by atoms with Gasteiger partial charge in [0.2, 0.25) is 5.91 Å². The average Bonchev–Trinajstić information content (AvgIpc) is 2.78. The maximum atomic E-state index is 12.1. The topological polar surface area (TPSA) is 81.6 Å². The number of fused-ring (bicyclic) bond motifs is 1. The number of nitriles is 1. The number of aromatic nitrogens is 2. The summed E-state index contributed by atoms with van der Waals surface area (Å²) in [5, 5.41) is 17.9. The van der Waals surface area contributed by atoms with Crippen molar-refractivity contribution in [1.29, 1.82) is 5.26 Å². The highest BCUT2D eigenvalue weighted by atomic mass is 16.2. The average molecular weight is 238 g/mol. The Morgan fingerprint density at radius 3 is 3.11 bits per heavy atom. The maximum Gasteiger partial charge on any atom is 0.233 e. The second kappa shape index (κ2) is 4.00.